The van der Waals surface area contributed by atoms with Crippen LogP contribution in [0.2, 0.25) is 18.1 Å². The Bertz CT molecular complexity index is 2370. The fourth-order valence-corrected chi connectivity index (χ4v) is 12.3. The highest BCUT2D eigenvalue weighted by molar-refractivity contribution is 7.99. The van der Waals surface area contributed by atoms with E-state index in [9.17, 15) is 4.79 Å². The number of fused-ring (bicyclic) bond motifs is 2. The zero-order valence-electron chi connectivity index (χ0n) is 48.5. The van der Waals surface area contributed by atoms with Crippen molar-refractivity contribution in [2.24, 2.45) is 0 Å². The molecule has 4 aromatic rings. The van der Waals surface area contributed by atoms with Crippen molar-refractivity contribution in [1.29, 1.82) is 0 Å². The van der Waals surface area contributed by atoms with E-state index in [0.717, 1.165) is 110 Å². The summed E-state index contributed by atoms with van der Waals surface area (Å²) in [6, 6.07) is 28.1. The number of rotatable bonds is 31. The molecule has 0 spiro atoms. The second-order valence-corrected chi connectivity index (χ2v) is 28.1. The van der Waals surface area contributed by atoms with Gasteiger partial charge >= 0.3 is 0 Å². The van der Waals surface area contributed by atoms with Crippen LogP contribution < -0.4 is 18.9 Å². The van der Waals surface area contributed by atoms with Gasteiger partial charge in [-0.25, -0.2) is 0 Å². The van der Waals surface area contributed by atoms with Crippen LogP contribution in [-0.2, 0) is 43.7 Å². The lowest BCUT2D eigenvalue weighted by Crippen LogP contribution is -2.40. The molecule has 2 heterocycles. The van der Waals surface area contributed by atoms with Gasteiger partial charge in [-0.3, -0.25) is 4.79 Å². The molecule has 2 aliphatic heterocycles. The highest BCUT2D eigenvalue weighted by Gasteiger charge is 2.42. The minimum atomic E-state index is -1.55. The van der Waals surface area contributed by atoms with Gasteiger partial charge in [-0.05, 0) is 141 Å². The lowest BCUT2D eigenvalue weighted by Gasteiger charge is -2.43. The van der Waals surface area contributed by atoms with Gasteiger partial charge in [-0.2, -0.15) is 0 Å². The number of unbranched alkanes of at least 4 members (excludes halogenated alkanes) is 3. The molecule has 0 fully saturated rings. The molecular formula is C62H90O13S2Si. The molecule has 0 amide bonds. The molecule has 13 nitrogen and oxygen atoms in total. The number of carbonyl (C=O) groups excluding carboxylic acids is 1. The molecule has 1 N–H and O–H groups in total. The highest BCUT2D eigenvalue weighted by Crippen LogP contribution is 2.53. The first-order chi connectivity index (χ1) is 37.5. The lowest BCUT2D eigenvalue weighted by atomic mass is 9.68. The van der Waals surface area contributed by atoms with E-state index in [1.165, 1.54) is 16.0 Å². The van der Waals surface area contributed by atoms with E-state index in [1.807, 2.05) is 73.3 Å². The number of ether oxygens (including phenoxy) is 10. The van der Waals surface area contributed by atoms with Crippen LogP contribution in [0.5, 0.6) is 23.0 Å². The van der Waals surface area contributed by atoms with Crippen molar-refractivity contribution >= 4 is 37.6 Å². The van der Waals surface area contributed by atoms with Gasteiger partial charge in [0.1, 0.15) is 23.0 Å². The number of hydrogen-bond acceptors (Lipinski definition) is 15. The first-order valence-electron chi connectivity index (χ1n) is 27.1. The molecule has 78 heavy (non-hydrogen) atoms. The molecular weight excluding hydrogens is 1040 g/mol. The third-order valence-corrected chi connectivity index (χ3v) is 21.6. The molecule has 0 saturated carbocycles. The molecule has 0 aromatic heterocycles. The highest BCUT2D eigenvalue weighted by atomic mass is 32.2. The van der Waals surface area contributed by atoms with Crippen molar-refractivity contribution in [2.75, 3.05) is 107 Å². The second-order valence-electron chi connectivity index (χ2n) is 21.2. The van der Waals surface area contributed by atoms with E-state index in [2.05, 4.69) is 77.0 Å². The summed E-state index contributed by atoms with van der Waals surface area (Å²) >= 11 is 3.56. The van der Waals surface area contributed by atoms with Crippen LogP contribution in [-0.4, -0.2) is 126 Å². The van der Waals surface area contributed by atoms with Crippen LogP contribution >= 0.6 is 23.5 Å². The minimum Gasteiger partial charge on any atom is -0.468 e. The number of aliphatic hydroxyl groups excluding tert-OH is 1. The van der Waals surface area contributed by atoms with Crippen LogP contribution in [0.1, 0.15) is 119 Å². The standard InChI is InChI=1S/C28H40O6S.C20H22O5S.C14H28O2Si/c1-28(22-9-11-23(12-10-22)33-20-30-2)19-35-27-18-24(34-21-31-3)13-14-25(27)26(28)8-4-6-16-32-17-7-5-15-29;1-20(14-4-6-15(7-5-14)24-12-22-2)11-26-18-10-16(25-13-23-3)8-9-17(18)19(20)21;1-7-8-11-15-12-9-10-13-16-17(5,6)14(2,3)4/h9-14,18,26,29H,4-8,15-17,19-21H2,1-3H3;4-10H,11-13H2,1-3H3;1H,8-13H2,2-6H3. The molecule has 432 valence electrons. The van der Waals surface area contributed by atoms with Crippen LogP contribution in [0.15, 0.2) is 94.7 Å². The van der Waals surface area contributed by atoms with Gasteiger partial charge in [0.2, 0.25) is 0 Å². The minimum absolute atomic E-state index is 0.00562. The predicted molar refractivity (Wildman–Crippen MR) is 317 cm³/mol. The molecule has 6 rings (SSSR count). The first-order valence-corrected chi connectivity index (χ1v) is 32.0. The van der Waals surface area contributed by atoms with Crippen molar-refractivity contribution < 1.29 is 61.7 Å². The fraction of sp³-hybridized carbons (Fsp3) is 0.565. The second kappa shape index (κ2) is 34.9. The van der Waals surface area contributed by atoms with Gasteiger partial charge in [-0.1, -0.05) is 64.4 Å². The largest absolute Gasteiger partial charge is 0.468 e. The maximum Gasteiger partial charge on any atom is 0.191 e. The number of terminal acetylenes is 1. The Morgan fingerprint density at radius 3 is 1.64 bits per heavy atom. The molecule has 4 aromatic carbocycles. The summed E-state index contributed by atoms with van der Waals surface area (Å²) in [5, 5.41) is 9.21. The van der Waals surface area contributed by atoms with Crippen LogP contribution in [0, 0.1) is 12.3 Å². The number of hydrogen-bond donors (Lipinski definition) is 1. The normalized spacial score (nSPS) is 17.8. The van der Waals surface area contributed by atoms with Crippen molar-refractivity contribution in [1.82, 2.24) is 0 Å². The Morgan fingerprint density at radius 2 is 1.09 bits per heavy atom. The van der Waals surface area contributed by atoms with Gasteiger partial charge in [0, 0.05) is 100 Å². The number of ketones is 1. The number of thioether (sulfide) groups is 2. The average Bonchev–Trinajstić information content (AvgIpc) is 3.52. The van der Waals surface area contributed by atoms with E-state index in [0.29, 0.717) is 35.5 Å². The number of carbonyl (C=O) groups is 1. The summed E-state index contributed by atoms with van der Waals surface area (Å²) in [4.78, 5) is 15.4. The van der Waals surface area contributed by atoms with Gasteiger partial charge in [-0.15, -0.1) is 35.9 Å². The topological polar surface area (TPSA) is 139 Å². The maximum absolute atomic E-state index is 13.2. The summed E-state index contributed by atoms with van der Waals surface area (Å²) in [7, 11) is 4.87. The smallest absolute Gasteiger partial charge is 0.191 e. The van der Waals surface area contributed by atoms with Crippen molar-refractivity contribution in [3.8, 4) is 35.3 Å². The summed E-state index contributed by atoms with van der Waals surface area (Å²) in [5.41, 5.74) is 3.83. The Hall–Kier alpha value is -4.09. The Kier molecular flexibility index (Phi) is 29.7. The maximum atomic E-state index is 13.2. The Labute approximate surface area is 476 Å². The zero-order chi connectivity index (χ0) is 56.9. The Morgan fingerprint density at radius 1 is 0.615 bits per heavy atom. The monoisotopic (exact) mass is 1130 g/mol. The van der Waals surface area contributed by atoms with E-state index in [-0.39, 0.29) is 45.0 Å². The summed E-state index contributed by atoms with van der Waals surface area (Å²) in [6.07, 6.45) is 12.9. The molecule has 3 atom stereocenters. The molecule has 0 saturated heterocycles. The van der Waals surface area contributed by atoms with Crippen LogP contribution in [0.25, 0.3) is 0 Å². The van der Waals surface area contributed by atoms with E-state index in [1.54, 1.807) is 40.2 Å². The van der Waals surface area contributed by atoms with Crippen molar-refractivity contribution in [3.63, 3.8) is 0 Å². The van der Waals surface area contributed by atoms with Crippen LogP contribution in [0.4, 0.5) is 0 Å². The lowest BCUT2D eigenvalue weighted by molar-refractivity contribution is 0.0507. The molecule has 0 aliphatic carbocycles. The average molecular weight is 1140 g/mol. The van der Waals surface area contributed by atoms with Gasteiger partial charge in [0.25, 0.3) is 0 Å². The third kappa shape index (κ3) is 20.8. The van der Waals surface area contributed by atoms with Gasteiger partial charge < -0.3 is 56.9 Å². The number of benzene rings is 4. The van der Waals surface area contributed by atoms with E-state index < -0.39 is 13.7 Å². The van der Waals surface area contributed by atoms with Crippen molar-refractivity contribution in [2.45, 2.75) is 131 Å². The summed E-state index contributed by atoms with van der Waals surface area (Å²) in [6.45, 7) is 20.7. The van der Waals surface area contributed by atoms with Crippen molar-refractivity contribution in [3.05, 3.63) is 107 Å². The number of Topliss-reactive ketones (excluding diaryl/α,β-unsaturated/α-hetero) is 1. The van der Waals surface area contributed by atoms with E-state index in [4.69, 9.17) is 63.3 Å². The summed E-state index contributed by atoms with van der Waals surface area (Å²) in [5.74, 6) is 7.82. The first kappa shape index (κ1) is 66.4. The molecule has 0 bridgehead atoms. The third-order valence-electron chi connectivity index (χ3n) is 14.3. The van der Waals surface area contributed by atoms with Crippen LogP contribution in [0.3, 0.4) is 0 Å². The molecule has 0 radical (unpaired) electrons. The molecule has 16 heteroatoms. The Balaban J connectivity index is 0.000000269. The number of aliphatic hydroxyl groups is 1. The SMILES string of the molecule is C#CCCOCCCCO[Si](C)(C)C(C)(C)C.COCOc1ccc(C2(C)CSc3cc(OCOC)ccc3C2=O)cc1.COCOc1ccc(C2(C)CSc3cc(OCOC)ccc3C2CCCCOCCCCO)cc1. The summed E-state index contributed by atoms with van der Waals surface area (Å²) < 4.78 is 59.3. The van der Waals surface area contributed by atoms with Gasteiger partial charge in [0.15, 0.2) is 41.3 Å². The quantitative estimate of drug-likeness (QED) is 0.0221. The molecule has 2 aliphatic rings. The number of methoxy groups -OCH3 is 4. The molecule has 3 unspecified atom stereocenters. The zero-order valence-corrected chi connectivity index (χ0v) is 51.2. The van der Waals surface area contributed by atoms with Gasteiger partial charge in [0.05, 0.1) is 12.0 Å². The predicted octanol–water partition coefficient (Wildman–Crippen LogP) is 13.5. The van der Waals surface area contributed by atoms with E-state index >= 15 is 0 Å². The fourth-order valence-electron chi connectivity index (χ4n) is 8.56.